The Balaban J connectivity index is 0.993. The van der Waals surface area contributed by atoms with E-state index in [1.807, 2.05) is 29.2 Å². The van der Waals surface area contributed by atoms with E-state index < -0.39 is 11.6 Å². The molecular formula is C33H38FN5O4. The Morgan fingerprint density at radius 1 is 1.05 bits per heavy atom. The van der Waals surface area contributed by atoms with Crippen LogP contribution >= 0.6 is 0 Å². The minimum atomic E-state index is -0.867. The van der Waals surface area contributed by atoms with E-state index in [1.54, 1.807) is 0 Å². The smallest absolute Gasteiger partial charge is 0.247 e. The minimum Gasteiger partial charge on any atom is -0.420 e. The number of hydrogen-bond donors (Lipinski definition) is 0. The second-order valence-corrected chi connectivity index (χ2v) is 15.1. The first-order valence-electron chi connectivity index (χ1n) is 16.1. The molecule has 10 heteroatoms. The lowest BCUT2D eigenvalue weighted by Crippen LogP contribution is -2.54. The summed E-state index contributed by atoms with van der Waals surface area (Å²) in [4.78, 5) is 21.3. The van der Waals surface area contributed by atoms with Crippen LogP contribution in [0.5, 0.6) is 0 Å². The molecule has 43 heavy (non-hydrogen) atoms. The topological polar surface area (TPSA) is 107 Å². The Kier molecular flexibility index (Phi) is 5.47. The summed E-state index contributed by atoms with van der Waals surface area (Å²) >= 11 is 0. The maximum absolute atomic E-state index is 14.7. The lowest BCUT2D eigenvalue weighted by molar-refractivity contribution is -0.132. The molecular weight excluding hydrogens is 549 g/mol. The fourth-order valence-electron chi connectivity index (χ4n) is 8.78. The fourth-order valence-corrected chi connectivity index (χ4v) is 8.78. The monoisotopic (exact) mass is 587 g/mol. The van der Waals surface area contributed by atoms with Crippen LogP contribution in [0.15, 0.2) is 33.2 Å². The van der Waals surface area contributed by atoms with Gasteiger partial charge in [0, 0.05) is 29.1 Å². The fraction of sp³-hybridized carbons (Fsp3) is 0.667. The van der Waals surface area contributed by atoms with Gasteiger partial charge < -0.3 is 18.6 Å². The number of carbonyl (C=O) groups is 1. The van der Waals surface area contributed by atoms with E-state index in [2.05, 4.69) is 22.3 Å². The van der Waals surface area contributed by atoms with Crippen molar-refractivity contribution < 1.29 is 22.9 Å². The number of alkyl halides is 1. The average molecular weight is 588 g/mol. The number of benzene rings is 1. The van der Waals surface area contributed by atoms with Gasteiger partial charge in [0.1, 0.15) is 6.17 Å². The highest BCUT2D eigenvalue weighted by atomic mass is 19.1. The molecule has 1 amide bonds. The number of ether oxygens (including phenoxy) is 1. The third-order valence-electron chi connectivity index (χ3n) is 12.0. The molecule has 0 radical (unpaired) electrons. The van der Waals surface area contributed by atoms with Crippen LogP contribution in [0.25, 0.3) is 11.5 Å². The molecule has 1 aliphatic heterocycles. The third-order valence-corrected chi connectivity index (χ3v) is 12.0. The van der Waals surface area contributed by atoms with Gasteiger partial charge in [0.2, 0.25) is 23.6 Å². The summed E-state index contributed by atoms with van der Waals surface area (Å²) < 4.78 is 31.9. The highest BCUT2D eigenvalue weighted by Gasteiger charge is 2.62. The molecule has 1 atom stereocenters. The lowest BCUT2D eigenvalue weighted by atomic mass is 9.53. The normalized spacial score (nSPS) is 35.4. The molecule has 8 aliphatic rings. The van der Waals surface area contributed by atoms with Gasteiger partial charge >= 0.3 is 0 Å². The lowest BCUT2D eigenvalue weighted by Gasteiger charge is -2.54. The van der Waals surface area contributed by atoms with Crippen molar-refractivity contribution in [2.75, 3.05) is 24.7 Å². The maximum Gasteiger partial charge on any atom is 0.247 e. The first-order valence-corrected chi connectivity index (χ1v) is 16.1. The summed E-state index contributed by atoms with van der Waals surface area (Å²) in [6.45, 7) is 3.99. The Morgan fingerprint density at radius 3 is 2.47 bits per heavy atom. The van der Waals surface area contributed by atoms with Crippen LogP contribution in [0.4, 0.5) is 10.1 Å². The van der Waals surface area contributed by atoms with Crippen LogP contribution in [0.3, 0.4) is 0 Å². The molecule has 9 nitrogen and oxygen atoms in total. The number of carbonyl (C=O) groups excluding carboxylic acids is 1. The van der Waals surface area contributed by atoms with Crippen molar-refractivity contribution in [3.05, 3.63) is 41.9 Å². The van der Waals surface area contributed by atoms with E-state index in [0.29, 0.717) is 62.6 Å². The third kappa shape index (κ3) is 4.00. The number of halogens is 1. The number of nitrogens with zero attached hydrogens (tertiary/aromatic N) is 5. The van der Waals surface area contributed by atoms with E-state index >= 15 is 0 Å². The zero-order chi connectivity index (χ0) is 29.0. The zero-order valence-corrected chi connectivity index (χ0v) is 24.7. The van der Waals surface area contributed by atoms with Gasteiger partial charge in [-0.3, -0.25) is 4.79 Å². The van der Waals surface area contributed by atoms with Crippen molar-refractivity contribution >= 4 is 11.6 Å². The predicted octanol–water partition coefficient (Wildman–Crippen LogP) is 6.05. The van der Waals surface area contributed by atoms with Crippen molar-refractivity contribution in [1.29, 1.82) is 0 Å². The number of hydrogen-bond acceptors (Lipinski definition) is 8. The van der Waals surface area contributed by atoms with Gasteiger partial charge in [0.15, 0.2) is 5.82 Å². The van der Waals surface area contributed by atoms with Gasteiger partial charge in [-0.1, -0.05) is 11.2 Å². The summed E-state index contributed by atoms with van der Waals surface area (Å²) in [5.74, 6) is 3.21. The van der Waals surface area contributed by atoms with Crippen LogP contribution < -0.4 is 4.90 Å². The summed E-state index contributed by atoms with van der Waals surface area (Å²) in [6.07, 6.45) is 8.92. The van der Waals surface area contributed by atoms with Gasteiger partial charge in [0.25, 0.3) is 0 Å². The van der Waals surface area contributed by atoms with E-state index in [1.165, 1.54) is 0 Å². The van der Waals surface area contributed by atoms with Crippen molar-refractivity contribution in [2.24, 2.45) is 16.7 Å². The first-order chi connectivity index (χ1) is 20.8. The molecule has 3 heterocycles. The Labute approximate surface area is 249 Å². The molecule has 7 saturated carbocycles. The average Bonchev–Trinajstić information content (AvgIpc) is 3.34. The van der Waals surface area contributed by atoms with Crippen LogP contribution in [0.2, 0.25) is 0 Å². The first kappa shape index (κ1) is 26.3. The van der Waals surface area contributed by atoms with Gasteiger partial charge in [-0.2, -0.15) is 4.98 Å². The number of rotatable bonds is 8. The molecule has 0 N–H and O–H groups in total. The number of fused-ring (bicyclic) bond motifs is 4. The largest absolute Gasteiger partial charge is 0.420 e. The highest BCUT2D eigenvalue weighted by molar-refractivity contribution is 5.99. The van der Waals surface area contributed by atoms with E-state index in [9.17, 15) is 9.18 Å². The van der Waals surface area contributed by atoms with Crippen molar-refractivity contribution in [3.63, 3.8) is 0 Å². The molecule has 226 valence electrons. The number of amides is 1. The van der Waals surface area contributed by atoms with Gasteiger partial charge in [0.05, 0.1) is 24.0 Å². The molecule has 11 rings (SSSR count). The van der Waals surface area contributed by atoms with E-state index in [4.69, 9.17) is 18.7 Å². The minimum absolute atomic E-state index is 0.00487. The zero-order valence-electron chi connectivity index (χ0n) is 24.7. The van der Waals surface area contributed by atoms with Gasteiger partial charge in [-0.15, -0.1) is 10.2 Å². The second-order valence-electron chi connectivity index (χ2n) is 15.1. The molecule has 1 aromatic carbocycles. The summed E-state index contributed by atoms with van der Waals surface area (Å²) in [7, 11) is 0. The quantitative estimate of drug-likeness (QED) is 0.314. The molecule has 7 aliphatic carbocycles. The van der Waals surface area contributed by atoms with Crippen molar-refractivity contribution in [2.45, 2.75) is 100 Å². The second kappa shape index (κ2) is 8.96. The maximum atomic E-state index is 14.7. The standard InChI is InChI=1S/C33H38FN5O4/c1-30(18-41-19-30)28-35-27(38-43-28)32-10-7-31(8-11-32,9-12-32)17-39(29(40)33-14-22(15-33)24(34)16-33)23-4-2-3-21(13-23)26-37-36-25(42-26)20-5-6-20/h2-4,13,20,22,24H,5-12,14-19H2,1H3. The highest BCUT2D eigenvalue weighted by Crippen LogP contribution is 2.62. The summed E-state index contributed by atoms with van der Waals surface area (Å²) in [6, 6.07) is 7.94. The SMILES string of the molecule is CC1(c2nc(C34CCC(CN(C(=O)C56CC(F)C(C5)C6)c5cccc(-c6nnc(C7CC7)o6)c5)(CC3)CC4)no2)COC1. The molecule has 1 saturated heterocycles. The molecule has 3 aromatic rings. The molecule has 4 bridgehead atoms. The molecule has 8 fully saturated rings. The van der Waals surface area contributed by atoms with E-state index in [0.717, 1.165) is 68.4 Å². The van der Waals surface area contributed by atoms with Crippen LogP contribution in [-0.2, 0) is 20.4 Å². The van der Waals surface area contributed by atoms with Crippen LogP contribution in [0.1, 0.15) is 101 Å². The molecule has 1 unspecified atom stereocenters. The van der Waals surface area contributed by atoms with Crippen LogP contribution in [-0.4, -0.2) is 52.2 Å². The van der Waals surface area contributed by atoms with Crippen LogP contribution in [0, 0.1) is 16.7 Å². The van der Waals surface area contributed by atoms with Crippen molar-refractivity contribution in [3.8, 4) is 11.5 Å². The predicted molar refractivity (Wildman–Crippen MR) is 153 cm³/mol. The van der Waals surface area contributed by atoms with Gasteiger partial charge in [-0.25, -0.2) is 4.39 Å². The Bertz CT molecular complexity index is 1560. The molecule has 2 aromatic heterocycles. The summed E-state index contributed by atoms with van der Waals surface area (Å²) in [5, 5.41) is 13.1. The number of aromatic nitrogens is 4. The van der Waals surface area contributed by atoms with E-state index in [-0.39, 0.29) is 28.1 Å². The Hall–Kier alpha value is -3.14. The molecule has 0 spiro atoms. The van der Waals surface area contributed by atoms with Gasteiger partial charge in [-0.05, 0) is 107 Å². The van der Waals surface area contributed by atoms with Crippen molar-refractivity contribution in [1.82, 2.24) is 20.3 Å². The summed E-state index contributed by atoms with van der Waals surface area (Å²) in [5.41, 5.74) is 0.841. The number of anilines is 1. The Morgan fingerprint density at radius 2 is 1.81 bits per heavy atom.